The monoisotopic (exact) mass is 202 g/mol. The quantitative estimate of drug-likeness (QED) is 0.559. The van der Waals surface area contributed by atoms with Gasteiger partial charge in [-0.25, -0.2) is 0 Å². The zero-order chi connectivity index (χ0) is 11.0. The third kappa shape index (κ3) is 5.19. The van der Waals surface area contributed by atoms with Gasteiger partial charge in [0.15, 0.2) is 0 Å². The number of hydrogen-bond donors (Lipinski definition) is 3. The van der Waals surface area contributed by atoms with E-state index < -0.39 is 6.04 Å². The third-order valence-electron chi connectivity index (χ3n) is 2.25. The van der Waals surface area contributed by atoms with Crippen LogP contribution in [0.5, 0.6) is 0 Å². The fourth-order valence-corrected chi connectivity index (χ4v) is 1.28. The zero-order valence-corrected chi connectivity index (χ0v) is 9.12. The van der Waals surface area contributed by atoms with Gasteiger partial charge in [0.25, 0.3) is 0 Å². The number of nitrogens with one attached hydrogen (secondary N) is 1. The van der Waals surface area contributed by atoms with Crippen molar-refractivity contribution >= 4 is 5.91 Å². The summed E-state index contributed by atoms with van der Waals surface area (Å²) in [7, 11) is 0. The molecule has 2 atom stereocenters. The van der Waals surface area contributed by atoms with Gasteiger partial charge in [0.2, 0.25) is 5.91 Å². The Bertz CT molecular complexity index is 162. The summed E-state index contributed by atoms with van der Waals surface area (Å²) in [6.45, 7) is 4.08. The number of nitrogens with two attached hydrogens (primary N) is 1. The smallest absolute Gasteiger partial charge is 0.237 e. The summed E-state index contributed by atoms with van der Waals surface area (Å²) >= 11 is 0. The number of aliphatic hydroxyl groups excluding tert-OH is 1. The van der Waals surface area contributed by atoms with E-state index in [-0.39, 0.29) is 18.6 Å². The van der Waals surface area contributed by atoms with E-state index in [1.165, 1.54) is 0 Å². The normalized spacial score (nSPS) is 14.9. The van der Waals surface area contributed by atoms with E-state index in [0.717, 1.165) is 12.8 Å². The Balaban J connectivity index is 3.88. The molecule has 0 radical (unpaired) electrons. The average Bonchev–Trinajstić information content (AvgIpc) is 2.17. The highest BCUT2D eigenvalue weighted by Crippen LogP contribution is 1.99. The van der Waals surface area contributed by atoms with Gasteiger partial charge in [0, 0.05) is 12.6 Å². The van der Waals surface area contributed by atoms with Crippen molar-refractivity contribution in [3.63, 3.8) is 0 Å². The van der Waals surface area contributed by atoms with E-state index in [9.17, 15) is 4.79 Å². The summed E-state index contributed by atoms with van der Waals surface area (Å²) < 4.78 is 0. The van der Waals surface area contributed by atoms with Gasteiger partial charge in [-0.2, -0.15) is 0 Å². The van der Waals surface area contributed by atoms with Crippen molar-refractivity contribution in [2.24, 2.45) is 5.73 Å². The molecule has 4 N–H and O–H groups in total. The second kappa shape index (κ2) is 7.76. The van der Waals surface area contributed by atoms with Gasteiger partial charge < -0.3 is 16.2 Å². The van der Waals surface area contributed by atoms with Crippen molar-refractivity contribution in [1.82, 2.24) is 5.32 Å². The van der Waals surface area contributed by atoms with Crippen LogP contribution in [0.1, 0.15) is 39.5 Å². The molecule has 0 bridgehead atoms. The average molecular weight is 202 g/mol. The molecule has 0 aliphatic carbocycles. The molecule has 0 aromatic rings. The maximum atomic E-state index is 11.5. The van der Waals surface area contributed by atoms with E-state index in [1.54, 1.807) is 0 Å². The molecule has 0 saturated heterocycles. The van der Waals surface area contributed by atoms with Crippen molar-refractivity contribution in [1.29, 1.82) is 0 Å². The lowest BCUT2D eigenvalue weighted by atomic mass is 10.1. The van der Waals surface area contributed by atoms with Crippen LogP contribution in [-0.4, -0.2) is 29.7 Å². The van der Waals surface area contributed by atoms with Crippen molar-refractivity contribution in [3.05, 3.63) is 0 Å². The van der Waals surface area contributed by atoms with Crippen LogP contribution in [0.15, 0.2) is 0 Å². The van der Waals surface area contributed by atoms with Crippen molar-refractivity contribution in [2.75, 3.05) is 6.61 Å². The van der Waals surface area contributed by atoms with Gasteiger partial charge in [-0.15, -0.1) is 0 Å². The van der Waals surface area contributed by atoms with Crippen LogP contribution in [0, 0.1) is 0 Å². The van der Waals surface area contributed by atoms with Gasteiger partial charge in [0.1, 0.15) is 0 Å². The fraction of sp³-hybridized carbons (Fsp3) is 0.900. The van der Waals surface area contributed by atoms with Gasteiger partial charge in [-0.3, -0.25) is 4.79 Å². The number of hydrogen-bond acceptors (Lipinski definition) is 3. The van der Waals surface area contributed by atoms with Crippen LogP contribution in [0.4, 0.5) is 0 Å². The van der Waals surface area contributed by atoms with Crippen LogP contribution in [0.2, 0.25) is 0 Å². The Morgan fingerprint density at radius 2 is 2.07 bits per heavy atom. The minimum atomic E-state index is -0.409. The van der Waals surface area contributed by atoms with Crippen LogP contribution >= 0.6 is 0 Å². The Morgan fingerprint density at radius 3 is 2.50 bits per heavy atom. The van der Waals surface area contributed by atoms with Crippen LogP contribution in [0.25, 0.3) is 0 Å². The summed E-state index contributed by atoms with van der Waals surface area (Å²) in [5.41, 5.74) is 5.65. The molecule has 1 unspecified atom stereocenters. The topological polar surface area (TPSA) is 75.4 Å². The summed E-state index contributed by atoms with van der Waals surface area (Å²) in [6.07, 6.45) is 3.04. The standard InChI is InChI=1S/C10H22N2O2/c1-3-5-9(11)10(14)12-8(4-2)6-7-13/h8-9,13H,3-7,11H2,1-2H3,(H,12,14)/t8?,9-/m0/s1. The van der Waals surface area contributed by atoms with Crippen LogP contribution in [0.3, 0.4) is 0 Å². The number of carbonyl (C=O) groups is 1. The Morgan fingerprint density at radius 1 is 1.43 bits per heavy atom. The first kappa shape index (κ1) is 13.4. The summed E-state index contributed by atoms with van der Waals surface area (Å²) in [4.78, 5) is 11.5. The van der Waals surface area contributed by atoms with E-state index in [4.69, 9.17) is 10.8 Å². The molecule has 0 heterocycles. The first-order chi connectivity index (χ1) is 6.65. The molecule has 0 fully saturated rings. The first-order valence-corrected chi connectivity index (χ1v) is 5.32. The molecule has 0 spiro atoms. The first-order valence-electron chi connectivity index (χ1n) is 5.32. The molecular weight excluding hydrogens is 180 g/mol. The molecular formula is C10H22N2O2. The highest BCUT2D eigenvalue weighted by atomic mass is 16.3. The second-order valence-electron chi connectivity index (χ2n) is 3.52. The maximum Gasteiger partial charge on any atom is 0.237 e. The van der Waals surface area contributed by atoms with Gasteiger partial charge in [0.05, 0.1) is 6.04 Å². The lowest BCUT2D eigenvalue weighted by molar-refractivity contribution is -0.123. The highest BCUT2D eigenvalue weighted by Gasteiger charge is 2.15. The minimum absolute atomic E-state index is 0.0513. The van der Waals surface area contributed by atoms with Crippen molar-refractivity contribution < 1.29 is 9.90 Å². The molecule has 0 aromatic carbocycles. The molecule has 84 valence electrons. The lowest BCUT2D eigenvalue weighted by Crippen LogP contribution is -2.45. The predicted molar refractivity (Wildman–Crippen MR) is 56.8 cm³/mol. The third-order valence-corrected chi connectivity index (χ3v) is 2.25. The Hall–Kier alpha value is -0.610. The molecule has 0 aliphatic heterocycles. The van der Waals surface area contributed by atoms with Crippen molar-refractivity contribution in [2.45, 2.75) is 51.6 Å². The van der Waals surface area contributed by atoms with E-state index in [0.29, 0.717) is 12.8 Å². The minimum Gasteiger partial charge on any atom is -0.396 e. The summed E-state index contributed by atoms with van der Waals surface area (Å²) in [5.74, 6) is -0.104. The maximum absolute atomic E-state index is 11.5. The van der Waals surface area contributed by atoms with Crippen LogP contribution < -0.4 is 11.1 Å². The molecule has 4 heteroatoms. The Labute approximate surface area is 85.9 Å². The lowest BCUT2D eigenvalue weighted by Gasteiger charge is -2.18. The number of amides is 1. The zero-order valence-electron chi connectivity index (χ0n) is 9.12. The molecule has 1 amide bonds. The van der Waals surface area contributed by atoms with Gasteiger partial charge >= 0.3 is 0 Å². The predicted octanol–water partition coefficient (Wildman–Crippen LogP) is 0.391. The molecule has 0 saturated carbocycles. The molecule has 4 nitrogen and oxygen atoms in total. The summed E-state index contributed by atoms with van der Waals surface area (Å²) in [6, 6.07) is -0.358. The number of carbonyl (C=O) groups excluding carboxylic acids is 1. The number of rotatable bonds is 7. The SMILES string of the molecule is CCC[C@H](N)C(=O)NC(CC)CCO. The number of aliphatic hydroxyl groups is 1. The van der Waals surface area contributed by atoms with Gasteiger partial charge in [-0.05, 0) is 19.3 Å². The molecule has 0 aromatic heterocycles. The molecule has 0 rings (SSSR count). The second-order valence-corrected chi connectivity index (χ2v) is 3.52. The van der Waals surface area contributed by atoms with E-state index in [1.807, 2.05) is 13.8 Å². The summed E-state index contributed by atoms with van der Waals surface area (Å²) in [5, 5.41) is 11.6. The van der Waals surface area contributed by atoms with E-state index in [2.05, 4.69) is 5.32 Å². The molecule has 0 aliphatic rings. The van der Waals surface area contributed by atoms with Crippen molar-refractivity contribution in [3.8, 4) is 0 Å². The van der Waals surface area contributed by atoms with Crippen LogP contribution in [-0.2, 0) is 4.79 Å². The Kier molecular flexibility index (Phi) is 7.42. The largest absolute Gasteiger partial charge is 0.396 e. The van der Waals surface area contributed by atoms with E-state index >= 15 is 0 Å². The fourth-order valence-electron chi connectivity index (χ4n) is 1.28. The van der Waals surface area contributed by atoms with Gasteiger partial charge in [-0.1, -0.05) is 20.3 Å². The highest BCUT2D eigenvalue weighted by molar-refractivity contribution is 5.81. The molecule has 14 heavy (non-hydrogen) atoms.